The molecule has 0 aromatic carbocycles. The summed E-state index contributed by atoms with van der Waals surface area (Å²) in [5, 5.41) is 0. The molecule has 0 fully saturated rings. The van der Waals surface area contributed by atoms with Gasteiger partial charge >= 0.3 is 7.75 Å². The van der Waals surface area contributed by atoms with Gasteiger partial charge in [-0.2, -0.15) is 0 Å². The highest BCUT2D eigenvalue weighted by Crippen LogP contribution is 2.30. The maximum atomic E-state index is 10.1. The van der Waals surface area contributed by atoms with Crippen molar-refractivity contribution >= 4 is 7.75 Å². The molecule has 1 atom stereocenters. The largest absolute Gasteiger partial charge is 0.400 e. The Morgan fingerprint density at radius 3 is 2.50 bits per heavy atom. The van der Waals surface area contributed by atoms with E-state index in [1.54, 1.807) is 0 Å². The minimum atomic E-state index is -3.68. The second-order valence-corrected chi connectivity index (χ2v) is 2.78. The van der Waals surface area contributed by atoms with Crippen molar-refractivity contribution in [2.45, 2.75) is 13.3 Å². The smallest absolute Gasteiger partial charge is 0.313 e. The standard InChI is InChI=1S/C3H10NO3P/c1-2-3-7-8(4,5)6/h2-3H2,1H3,(H3,4,5,6). The van der Waals surface area contributed by atoms with Gasteiger partial charge in [-0.15, -0.1) is 0 Å². The molecular weight excluding hydrogens is 129 g/mol. The Balaban J connectivity index is 3.26. The van der Waals surface area contributed by atoms with E-state index in [-0.39, 0.29) is 6.61 Å². The van der Waals surface area contributed by atoms with E-state index < -0.39 is 7.75 Å². The minimum absolute atomic E-state index is 0.240. The van der Waals surface area contributed by atoms with Gasteiger partial charge in [0.2, 0.25) is 0 Å². The fourth-order valence-corrected chi connectivity index (χ4v) is 0.666. The van der Waals surface area contributed by atoms with Crippen LogP contribution in [-0.4, -0.2) is 11.5 Å². The first-order chi connectivity index (χ1) is 3.56. The zero-order chi connectivity index (χ0) is 6.62. The Labute approximate surface area is 48.2 Å². The van der Waals surface area contributed by atoms with Gasteiger partial charge in [-0.25, -0.2) is 10.1 Å². The summed E-state index contributed by atoms with van der Waals surface area (Å²) in [6.45, 7) is 2.07. The number of rotatable bonds is 3. The fourth-order valence-electron chi connectivity index (χ4n) is 0.222. The average molecular weight is 139 g/mol. The van der Waals surface area contributed by atoms with Crippen molar-refractivity contribution in [3.05, 3.63) is 0 Å². The lowest BCUT2D eigenvalue weighted by Gasteiger charge is -2.02. The van der Waals surface area contributed by atoms with E-state index in [0.29, 0.717) is 6.42 Å². The van der Waals surface area contributed by atoms with Crippen LogP contribution in [0.5, 0.6) is 0 Å². The van der Waals surface area contributed by atoms with Gasteiger partial charge in [0.15, 0.2) is 0 Å². The highest BCUT2D eigenvalue weighted by Gasteiger charge is 2.08. The zero-order valence-corrected chi connectivity index (χ0v) is 5.60. The van der Waals surface area contributed by atoms with Gasteiger partial charge in [-0.3, -0.25) is 4.52 Å². The zero-order valence-electron chi connectivity index (χ0n) is 4.70. The van der Waals surface area contributed by atoms with Crippen molar-refractivity contribution in [2.75, 3.05) is 6.61 Å². The molecule has 0 aromatic heterocycles. The predicted octanol–water partition coefficient (Wildman–Crippen LogP) is 0.472. The molecule has 3 N–H and O–H groups in total. The highest BCUT2D eigenvalue weighted by molar-refractivity contribution is 7.50. The fraction of sp³-hybridized carbons (Fsp3) is 1.00. The maximum absolute atomic E-state index is 10.1. The lowest BCUT2D eigenvalue weighted by atomic mass is 10.5. The Morgan fingerprint density at radius 2 is 2.38 bits per heavy atom. The van der Waals surface area contributed by atoms with E-state index in [2.05, 4.69) is 10.0 Å². The van der Waals surface area contributed by atoms with Crippen molar-refractivity contribution in [2.24, 2.45) is 5.50 Å². The van der Waals surface area contributed by atoms with Crippen LogP contribution in [0.25, 0.3) is 0 Å². The van der Waals surface area contributed by atoms with Crippen molar-refractivity contribution in [3.63, 3.8) is 0 Å². The van der Waals surface area contributed by atoms with Gasteiger partial charge < -0.3 is 4.89 Å². The van der Waals surface area contributed by atoms with Gasteiger partial charge in [0.1, 0.15) is 0 Å². The molecular formula is C3H10NO3P. The molecule has 0 saturated heterocycles. The van der Waals surface area contributed by atoms with Crippen LogP contribution < -0.4 is 5.50 Å². The molecule has 0 aromatic rings. The highest BCUT2D eigenvalue weighted by atomic mass is 31.2. The molecule has 0 amide bonds. The quantitative estimate of drug-likeness (QED) is 0.557. The molecule has 0 radical (unpaired) electrons. The van der Waals surface area contributed by atoms with Crippen LogP contribution in [0.15, 0.2) is 0 Å². The number of nitrogens with two attached hydrogens (primary N) is 1. The van der Waals surface area contributed by atoms with Gasteiger partial charge in [0.05, 0.1) is 6.61 Å². The van der Waals surface area contributed by atoms with Gasteiger partial charge in [-0.05, 0) is 6.42 Å². The Hall–Kier alpha value is 0.110. The molecule has 5 heteroatoms. The summed E-state index contributed by atoms with van der Waals surface area (Å²) >= 11 is 0. The summed E-state index contributed by atoms with van der Waals surface area (Å²) in [4.78, 5) is 8.26. The Morgan fingerprint density at radius 1 is 1.88 bits per heavy atom. The van der Waals surface area contributed by atoms with E-state index in [0.717, 1.165) is 0 Å². The third kappa shape index (κ3) is 6.11. The molecule has 1 unspecified atom stereocenters. The van der Waals surface area contributed by atoms with Crippen LogP contribution in [-0.2, 0) is 9.09 Å². The summed E-state index contributed by atoms with van der Waals surface area (Å²) in [6.07, 6.45) is 0.696. The first kappa shape index (κ1) is 8.11. The van der Waals surface area contributed by atoms with Crippen LogP contribution >= 0.6 is 7.75 Å². The van der Waals surface area contributed by atoms with Crippen molar-refractivity contribution in [1.29, 1.82) is 0 Å². The summed E-state index contributed by atoms with van der Waals surface area (Å²) in [5.74, 6) is 0. The Kier molecular flexibility index (Phi) is 3.24. The van der Waals surface area contributed by atoms with Crippen LogP contribution in [0.1, 0.15) is 13.3 Å². The molecule has 4 nitrogen and oxygen atoms in total. The average Bonchev–Trinajstić information content (AvgIpc) is 1.59. The van der Waals surface area contributed by atoms with E-state index >= 15 is 0 Å². The molecule has 0 aliphatic rings. The Bertz CT molecular complexity index is 98.7. The number of hydrogen-bond acceptors (Lipinski definition) is 2. The molecule has 0 aliphatic carbocycles. The summed E-state index contributed by atoms with van der Waals surface area (Å²) in [7, 11) is -3.68. The van der Waals surface area contributed by atoms with Crippen molar-refractivity contribution in [1.82, 2.24) is 0 Å². The van der Waals surface area contributed by atoms with Gasteiger partial charge in [-0.1, -0.05) is 6.92 Å². The van der Waals surface area contributed by atoms with E-state index in [4.69, 9.17) is 4.89 Å². The van der Waals surface area contributed by atoms with Crippen LogP contribution in [0.4, 0.5) is 0 Å². The van der Waals surface area contributed by atoms with Crippen molar-refractivity contribution in [3.8, 4) is 0 Å². The predicted molar refractivity (Wildman–Crippen MR) is 30.3 cm³/mol. The van der Waals surface area contributed by atoms with Crippen molar-refractivity contribution < 1.29 is 14.0 Å². The second kappa shape index (κ2) is 3.20. The minimum Gasteiger partial charge on any atom is -0.313 e. The SMILES string of the molecule is CCCOP(N)(=O)O. The normalized spacial score (nSPS) is 17.9. The third-order valence-corrected chi connectivity index (χ3v) is 1.03. The lowest BCUT2D eigenvalue weighted by Crippen LogP contribution is -1.98. The molecule has 0 spiro atoms. The van der Waals surface area contributed by atoms with Gasteiger partial charge in [0, 0.05) is 0 Å². The maximum Gasteiger partial charge on any atom is 0.400 e. The molecule has 0 saturated carbocycles. The van der Waals surface area contributed by atoms with E-state index in [9.17, 15) is 4.57 Å². The van der Waals surface area contributed by atoms with Gasteiger partial charge in [0.25, 0.3) is 0 Å². The van der Waals surface area contributed by atoms with Crippen LogP contribution in [0, 0.1) is 0 Å². The van der Waals surface area contributed by atoms with E-state index in [1.807, 2.05) is 6.92 Å². The molecule has 50 valence electrons. The summed E-state index contributed by atoms with van der Waals surface area (Å²) in [5.41, 5.74) is 4.61. The first-order valence-electron chi connectivity index (χ1n) is 2.32. The number of hydrogen-bond donors (Lipinski definition) is 2. The second-order valence-electron chi connectivity index (χ2n) is 1.40. The molecule has 0 heterocycles. The summed E-state index contributed by atoms with van der Waals surface area (Å²) in [6, 6.07) is 0. The van der Waals surface area contributed by atoms with Crippen LogP contribution in [0.3, 0.4) is 0 Å². The summed E-state index contributed by atoms with van der Waals surface area (Å²) < 4.78 is 14.4. The molecule has 8 heavy (non-hydrogen) atoms. The first-order valence-corrected chi connectivity index (χ1v) is 3.97. The third-order valence-electron chi connectivity index (χ3n) is 0.480. The topological polar surface area (TPSA) is 72.5 Å². The molecule has 0 aliphatic heterocycles. The molecule has 0 rings (SSSR count). The monoisotopic (exact) mass is 139 g/mol. The lowest BCUT2D eigenvalue weighted by molar-refractivity contribution is 0.260. The van der Waals surface area contributed by atoms with Crippen LogP contribution in [0.2, 0.25) is 0 Å². The molecule has 0 bridgehead atoms. The van der Waals surface area contributed by atoms with E-state index in [1.165, 1.54) is 0 Å².